The number of nitrogens with zero attached hydrogens (tertiary/aromatic N) is 1. The normalized spacial score (nSPS) is 11.7. The number of para-hydroxylation sites is 1. The molecule has 0 aliphatic carbocycles. The van der Waals surface area contributed by atoms with E-state index in [1.54, 1.807) is 23.1 Å². The first-order valence-corrected chi connectivity index (χ1v) is 9.27. The molecule has 0 fully saturated rings. The molecule has 0 spiro atoms. The maximum absolute atomic E-state index is 4.61. The summed E-state index contributed by atoms with van der Waals surface area (Å²) in [5.41, 5.74) is 1.12. The smallest absolute Gasteiger partial charge is 0.155 e. The third kappa shape index (κ3) is 5.29. The number of thioether (sulfide) groups is 1. The Morgan fingerprint density at radius 2 is 1.90 bits per heavy atom. The van der Waals surface area contributed by atoms with Gasteiger partial charge < -0.3 is 0 Å². The van der Waals surface area contributed by atoms with Crippen LogP contribution in [-0.4, -0.2) is 4.98 Å². The van der Waals surface area contributed by atoms with E-state index in [4.69, 9.17) is 0 Å². The molecule has 0 saturated carbocycles. The minimum absolute atomic E-state index is 1.12. The number of hydrogen-bond acceptors (Lipinski definition) is 3. The summed E-state index contributed by atoms with van der Waals surface area (Å²) in [5, 5.41) is 2.20. The van der Waals surface area contributed by atoms with Crippen LogP contribution >= 0.6 is 23.1 Å². The molecule has 0 radical (unpaired) electrons. The van der Waals surface area contributed by atoms with Gasteiger partial charge >= 0.3 is 0 Å². The molecule has 1 heterocycles. The van der Waals surface area contributed by atoms with Gasteiger partial charge in [0, 0.05) is 0 Å². The van der Waals surface area contributed by atoms with Crippen LogP contribution in [0.3, 0.4) is 0 Å². The van der Waals surface area contributed by atoms with Gasteiger partial charge in [-0.2, -0.15) is 0 Å². The number of hydrogen-bond donors (Lipinski definition) is 0. The molecule has 0 amide bonds. The maximum Gasteiger partial charge on any atom is 0.155 e. The minimum Gasteiger partial charge on any atom is -0.229 e. The van der Waals surface area contributed by atoms with Gasteiger partial charge in [0.25, 0.3) is 0 Å². The summed E-state index contributed by atoms with van der Waals surface area (Å²) >= 11 is 3.52. The van der Waals surface area contributed by atoms with Crippen molar-refractivity contribution in [2.75, 3.05) is 0 Å². The van der Waals surface area contributed by atoms with Crippen molar-refractivity contribution in [2.24, 2.45) is 0 Å². The molecule has 1 aromatic carbocycles. The molecule has 1 nitrogen and oxygen atoms in total. The van der Waals surface area contributed by atoms with E-state index in [9.17, 15) is 0 Å². The monoisotopic (exact) mass is 305 g/mol. The summed E-state index contributed by atoms with van der Waals surface area (Å²) in [7, 11) is 0. The quantitative estimate of drug-likeness (QED) is 0.380. The predicted molar refractivity (Wildman–Crippen MR) is 92.6 cm³/mol. The first-order chi connectivity index (χ1) is 9.90. The molecule has 0 bridgehead atoms. The van der Waals surface area contributed by atoms with E-state index in [0.29, 0.717) is 0 Å². The van der Waals surface area contributed by atoms with Crippen molar-refractivity contribution in [1.82, 2.24) is 4.98 Å². The van der Waals surface area contributed by atoms with Crippen molar-refractivity contribution in [2.45, 2.75) is 56.2 Å². The fourth-order valence-electron chi connectivity index (χ4n) is 2.12. The molecule has 3 heteroatoms. The van der Waals surface area contributed by atoms with Gasteiger partial charge in [-0.15, -0.1) is 11.3 Å². The second-order valence-electron chi connectivity index (χ2n) is 4.99. The summed E-state index contributed by atoms with van der Waals surface area (Å²) in [6, 6.07) is 8.33. The van der Waals surface area contributed by atoms with Gasteiger partial charge in [0.1, 0.15) is 0 Å². The van der Waals surface area contributed by atoms with Crippen molar-refractivity contribution >= 4 is 33.3 Å². The van der Waals surface area contributed by atoms with Crippen LogP contribution in [0.4, 0.5) is 0 Å². The number of thiazole rings is 1. The van der Waals surface area contributed by atoms with Gasteiger partial charge in [0.15, 0.2) is 4.34 Å². The number of unbranched alkanes of at least 4 members (excludes halogenated alkanes) is 6. The Morgan fingerprint density at radius 3 is 2.75 bits per heavy atom. The largest absolute Gasteiger partial charge is 0.229 e. The molecule has 0 unspecified atom stereocenters. The molecule has 0 N–H and O–H groups in total. The molecule has 0 saturated heterocycles. The highest BCUT2D eigenvalue weighted by atomic mass is 32.2. The van der Waals surface area contributed by atoms with E-state index in [-0.39, 0.29) is 0 Å². The summed E-state index contributed by atoms with van der Waals surface area (Å²) in [6.45, 7) is 2.27. The van der Waals surface area contributed by atoms with E-state index in [1.165, 1.54) is 49.6 Å². The Bertz CT molecular complexity index is 498. The van der Waals surface area contributed by atoms with Gasteiger partial charge in [-0.1, -0.05) is 69.0 Å². The number of fused-ring (bicyclic) bond motifs is 1. The molecule has 108 valence electrons. The Hall–Kier alpha value is -0.800. The molecule has 1 aromatic heterocycles. The first kappa shape index (κ1) is 15.6. The van der Waals surface area contributed by atoms with Crippen molar-refractivity contribution in [3.05, 3.63) is 35.7 Å². The zero-order chi connectivity index (χ0) is 14.0. The average molecular weight is 306 g/mol. The van der Waals surface area contributed by atoms with Crippen molar-refractivity contribution in [3.8, 4) is 0 Å². The average Bonchev–Trinajstić information content (AvgIpc) is 2.88. The third-order valence-electron chi connectivity index (χ3n) is 3.26. The molecule has 0 aliphatic heterocycles. The van der Waals surface area contributed by atoms with E-state index in [1.807, 2.05) is 6.07 Å². The van der Waals surface area contributed by atoms with Crippen LogP contribution in [0.15, 0.2) is 40.1 Å². The summed E-state index contributed by atoms with van der Waals surface area (Å²) in [6.07, 6.45) is 11.7. The van der Waals surface area contributed by atoms with Crippen molar-refractivity contribution in [1.29, 1.82) is 0 Å². The highest BCUT2D eigenvalue weighted by Gasteiger charge is 2.01. The summed E-state index contributed by atoms with van der Waals surface area (Å²) in [4.78, 5) is 4.61. The highest BCUT2D eigenvalue weighted by molar-refractivity contribution is 8.03. The van der Waals surface area contributed by atoms with Gasteiger partial charge in [-0.3, -0.25) is 0 Å². The van der Waals surface area contributed by atoms with Crippen LogP contribution in [0, 0.1) is 0 Å². The van der Waals surface area contributed by atoms with Crippen LogP contribution in [0.5, 0.6) is 0 Å². The van der Waals surface area contributed by atoms with Crippen LogP contribution in [-0.2, 0) is 0 Å². The van der Waals surface area contributed by atoms with E-state index in [0.717, 1.165) is 9.86 Å². The van der Waals surface area contributed by atoms with E-state index < -0.39 is 0 Å². The SMILES string of the molecule is CCCCCCCC/C=C\Sc1nc2ccccc2s1. The van der Waals surface area contributed by atoms with Crippen LogP contribution in [0.2, 0.25) is 0 Å². The Morgan fingerprint density at radius 1 is 1.10 bits per heavy atom. The molecule has 0 atom stereocenters. The number of allylic oxidation sites excluding steroid dienone is 1. The Balaban J connectivity index is 1.63. The fourth-order valence-corrected chi connectivity index (χ4v) is 3.94. The molecule has 2 aromatic rings. The van der Waals surface area contributed by atoms with Gasteiger partial charge in [-0.05, 0) is 30.4 Å². The number of aromatic nitrogens is 1. The third-order valence-corrected chi connectivity index (χ3v) is 5.25. The first-order valence-electron chi connectivity index (χ1n) is 7.57. The highest BCUT2D eigenvalue weighted by Crippen LogP contribution is 2.29. The summed E-state index contributed by atoms with van der Waals surface area (Å²) in [5.74, 6) is 0. The second-order valence-corrected chi connectivity index (χ2v) is 7.18. The Labute approximate surface area is 130 Å². The lowest BCUT2D eigenvalue weighted by molar-refractivity contribution is 0.611. The van der Waals surface area contributed by atoms with Crippen LogP contribution in [0.25, 0.3) is 10.2 Å². The molecule has 0 aliphatic rings. The van der Waals surface area contributed by atoms with Gasteiger partial charge in [-0.25, -0.2) is 4.98 Å². The molecular formula is C17H23NS2. The second kappa shape index (κ2) is 9.19. The van der Waals surface area contributed by atoms with E-state index in [2.05, 4.69) is 41.6 Å². The topological polar surface area (TPSA) is 12.9 Å². The minimum atomic E-state index is 1.12. The lowest BCUT2D eigenvalue weighted by Crippen LogP contribution is -1.77. The zero-order valence-corrected chi connectivity index (χ0v) is 13.8. The Kier molecular flexibility index (Phi) is 7.16. The maximum atomic E-state index is 4.61. The van der Waals surface area contributed by atoms with Gasteiger partial charge in [0.2, 0.25) is 0 Å². The summed E-state index contributed by atoms with van der Waals surface area (Å²) < 4.78 is 2.42. The van der Waals surface area contributed by atoms with Gasteiger partial charge in [0.05, 0.1) is 10.2 Å². The molecule has 2 rings (SSSR count). The molecular weight excluding hydrogens is 282 g/mol. The standard InChI is InChI=1S/C17H23NS2/c1-2-3-4-5-6-7-8-11-14-19-17-18-15-12-9-10-13-16(15)20-17/h9-14H,2-8H2,1H3/b14-11-. The van der Waals surface area contributed by atoms with E-state index >= 15 is 0 Å². The number of benzene rings is 1. The van der Waals surface area contributed by atoms with Crippen LogP contribution in [0.1, 0.15) is 51.9 Å². The van der Waals surface area contributed by atoms with Crippen molar-refractivity contribution in [3.63, 3.8) is 0 Å². The lowest BCUT2D eigenvalue weighted by Gasteiger charge is -1.97. The zero-order valence-electron chi connectivity index (χ0n) is 12.2. The van der Waals surface area contributed by atoms with Crippen molar-refractivity contribution < 1.29 is 0 Å². The molecule has 20 heavy (non-hydrogen) atoms. The van der Waals surface area contributed by atoms with Crippen LogP contribution < -0.4 is 0 Å². The predicted octanol–water partition coefficient (Wildman–Crippen LogP) is 6.65. The lowest BCUT2D eigenvalue weighted by atomic mass is 10.1. The number of rotatable bonds is 9. The fraction of sp³-hybridized carbons (Fsp3) is 0.471.